The van der Waals surface area contributed by atoms with Gasteiger partial charge in [-0.25, -0.2) is 9.37 Å². The number of aromatic nitrogens is 1. The predicted octanol–water partition coefficient (Wildman–Crippen LogP) is 4.56. The van der Waals surface area contributed by atoms with Crippen molar-refractivity contribution in [1.82, 2.24) is 4.98 Å². The zero-order valence-electron chi connectivity index (χ0n) is 15.4. The van der Waals surface area contributed by atoms with Gasteiger partial charge in [-0.1, -0.05) is 24.3 Å². The van der Waals surface area contributed by atoms with E-state index in [0.29, 0.717) is 16.8 Å². The van der Waals surface area contributed by atoms with E-state index < -0.39 is 23.3 Å². The van der Waals surface area contributed by atoms with Gasteiger partial charge in [0.05, 0.1) is 10.5 Å². The molecule has 9 heteroatoms. The van der Waals surface area contributed by atoms with Gasteiger partial charge < -0.3 is 14.5 Å². The second kappa shape index (κ2) is 8.00. The van der Waals surface area contributed by atoms with E-state index in [4.69, 9.17) is 9.15 Å². The van der Waals surface area contributed by atoms with E-state index in [1.165, 1.54) is 24.3 Å². The Morgan fingerprint density at radius 3 is 2.70 bits per heavy atom. The molecule has 0 radical (unpaired) electrons. The molecular formula is C21H14FN3O5. The number of para-hydroxylation sites is 2. The molecule has 0 bridgehead atoms. The number of rotatable bonds is 6. The van der Waals surface area contributed by atoms with Crippen molar-refractivity contribution in [3.8, 4) is 17.2 Å². The van der Waals surface area contributed by atoms with Crippen LogP contribution in [0.1, 0.15) is 0 Å². The molecule has 0 spiro atoms. The molecular weight excluding hydrogens is 393 g/mol. The molecule has 4 rings (SSSR count). The van der Waals surface area contributed by atoms with Crippen LogP contribution in [0, 0.1) is 15.9 Å². The average molecular weight is 407 g/mol. The molecule has 1 N–H and O–H groups in total. The van der Waals surface area contributed by atoms with Crippen LogP contribution in [0.3, 0.4) is 0 Å². The van der Waals surface area contributed by atoms with Crippen LogP contribution in [0.2, 0.25) is 0 Å². The van der Waals surface area contributed by atoms with Gasteiger partial charge in [0.25, 0.3) is 5.91 Å². The lowest BCUT2D eigenvalue weighted by Crippen LogP contribution is -2.20. The first-order chi connectivity index (χ1) is 14.5. The molecule has 0 aliphatic carbocycles. The molecule has 150 valence electrons. The van der Waals surface area contributed by atoms with E-state index in [2.05, 4.69) is 10.3 Å². The molecule has 0 saturated carbocycles. The first-order valence-electron chi connectivity index (χ1n) is 8.83. The Morgan fingerprint density at radius 1 is 1.13 bits per heavy atom. The maximum Gasteiger partial charge on any atom is 0.310 e. The normalized spacial score (nSPS) is 10.7. The summed E-state index contributed by atoms with van der Waals surface area (Å²) in [5.74, 6) is -0.833. The molecule has 0 fully saturated rings. The van der Waals surface area contributed by atoms with Gasteiger partial charge >= 0.3 is 5.69 Å². The largest absolute Gasteiger partial charge is 0.477 e. The van der Waals surface area contributed by atoms with Crippen molar-refractivity contribution < 1.29 is 23.3 Å². The summed E-state index contributed by atoms with van der Waals surface area (Å²) in [6, 6.07) is 16.7. The fourth-order valence-electron chi connectivity index (χ4n) is 2.83. The Morgan fingerprint density at radius 2 is 1.90 bits per heavy atom. The third-order valence-corrected chi connectivity index (χ3v) is 4.20. The fraction of sp³-hybridized carbons (Fsp3) is 0.0476. The minimum Gasteiger partial charge on any atom is -0.477 e. The highest BCUT2D eigenvalue weighted by Gasteiger charge is 2.16. The predicted molar refractivity (Wildman–Crippen MR) is 107 cm³/mol. The summed E-state index contributed by atoms with van der Waals surface area (Å²) in [5, 5.41) is 13.6. The summed E-state index contributed by atoms with van der Waals surface area (Å²) < 4.78 is 24.8. The topological polar surface area (TPSA) is 108 Å². The molecule has 3 aromatic carbocycles. The number of nitro benzene ring substituents is 1. The van der Waals surface area contributed by atoms with E-state index in [0.717, 1.165) is 0 Å². The molecule has 0 atom stereocenters. The molecule has 1 aromatic heterocycles. The number of carbonyl (C=O) groups is 1. The molecule has 4 aromatic rings. The van der Waals surface area contributed by atoms with Crippen molar-refractivity contribution in [2.45, 2.75) is 0 Å². The Hall–Kier alpha value is -4.27. The van der Waals surface area contributed by atoms with E-state index in [9.17, 15) is 19.3 Å². The van der Waals surface area contributed by atoms with Crippen LogP contribution in [0.4, 0.5) is 15.8 Å². The summed E-state index contributed by atoms with van der Waals surface area (Å²) in [4.78, 5) is 26.9. The molecule has 0 aliphatic heterocycles. The third kappa shape index (κ3) is 3.95. The molecule has 1 amide bonds. The van der Waals surface area contributed by atoms with Crippen LogP contribution in [0.15, 0.2) is 71.1 Å². The number of amides is 1. The van der Waals surface area contributed by atoms with Crippen molar-refractivity contribution in [1.29, 1.82) is 0 Å². The second-order valence-corrected chi connectivity index (χ2v) is 6.24. The Kier molecular flexibility index (Phi) is 5.08. The molecule has 0 unspecified atom stereocenters. The van der Waals surface area contributed by atoms with Crippen LogP contribution >= 0.6 is 0 Å². The number of hydrogen-bond donors (Lipinski definition) is 1. The van der Waals surface area contributed by atoms with E-state index in [1.807, 2.05) is 0 Å². The van der Waals surface area contributed by atoms with Gasteiger partial charge in [0, 0.05) is 11.8 Å². The number of halogens is 1. The number of ether oxygens (including phenoxy) is 1. The molecule has 0 aliphatic rings. The van der Waals surface area contributed by atoms with Gasteiger partial charge in [-0.15, -0.1) is 0 Å². The zero-order chi connectivity index (χ0) is 21.1. The lowest BCUT2D eigenvalue weighted by molar-refractivity contribution is -0.385. The number of carbonyl (C=O) groups excluding carboxylic acids is 1. The minimum atomic E-state index is -0.584. The number of benzene rings is 3. The monoisotopic (exact) mass is 407 g/mol. The molecule has 1 heterocycles. The molecule has 8 nitrogen and oxygen atoms in total. The van der Waals surface area contributed by atoms with Gasteiger partial charge in [-0.05, 0) is 36.4 Å². The standard InChI is InChI=1S/C21H14FN3O5/c22-15-6-2-1-5-14(15)21-24-16-11-13(9-10-18(16)30-21)23-20(26)12-29-19-8-4-3-7-17(19)25(27)28/h1-11H,12H2,(H,23,26). The average Bonchev–Trinajstić information content (AvgIpc) is 3.16. The number of nitrogens with one attached hydrogen (secondary N) is 1. The zero-order valence-corrected chi connectivity index (χ0v) is 15.4. The van der Waals surface area contributed by atoms with Crippen LogP contribution in [-0.2, 0) is 4.79 Å². The van der Waals surface area contributed by atoms with Crippen molar-refractivity contribution in [3.05, 3.63) is 82.7 Å². The smallest absolute Gasteiger partial charge is 0.310 e. The van der Waals surface area contributed by atoms with Crippen LogP contribution in [-0.4, -0.2) is 22.4 Å². The fourth-order valence-corrected chi connectivity index (χ4v) is 2.83. The lowest BCUT2D eigenvalue weighted by atomic mass is 10.2. The number of oxazole rings is 1. The molecule has 30 heavy (non-hydrogen) atoms. The van der Waals surface area contributed by atoms with Crippen LogP contribution in [0.25, 0.3) is 22.6 Å². The summed E-state index contributed by atoms with van der Waals surface area (Å²) >= 11 is 0. The van der Waals surface area contributed by atoms with Crippen LogP contribution in [0.5, 0.6) is 5.75 Å². The maximum absolute atomic E-state index is 13.9. The quantitative estimate of drug-likeness (QED) is 0.371. The van der Waals surface area contributed by atoms with Gasteiger partial charge in [0.2, 0.25) is 5.89 Å². The summed E-state index contributed by atoms with van der Waals surface area (Å²) in [6.07, 6.45) is 0. The van der Waals surface area contributed by atoms with Crippen molar-refractivity contribution in [2.75, 3.05) is 11.9 Å². The van der Waals surface area contributed by atoms with Gasteiger partial charge in [0.15, 0.2) is 17.9 Å². The number of anilines is 1. The maximum atomic E-state index is 13.9. The highest BCUT2D eigenvalue weighted by molar-refractivity contribution is 5.94. The van der Waals surface area contributed by atoms with E-state index >= 15 is 0 Å². The lowest BCUT2D eigenvalue weighted by Gasteiger charge is -2.07. The first-order valence-corrected chi connectivity index (χ1v) is 8.83. The Labute approximate surface area is 169 Å². The SMILES string of the molecule is O=C(COc1ccccc1[N+](=O)[O-])Nc1ccc2oc(-c3ccccc3F)nc2c1. The van der Waals surface area contributed by atoms with Crippen molar-refractivity contribution in [3.63, 3.8) is 0 Å². The highest BCUT2D eigenvalue weighted by Crippen LogP contribution is 2.28. The van der Waals surface area contributed by atoms with Crippen LogP contribution < -0.4 is 10.1 Å². The van der Waals surface area contributed by atoms with Gasteiger partial charge in [0.1, 0.15) is 11.3 Å². The molecule has 0 saturated heterocycles. The number of fused-ring (bicyclic) bond motifs is 1. The Bertz CT molecular complexity index is 1250. The third-order valence-electron chi connectivity index (χ3n) is 4.20. The highest BCUT2D eigenvalue weighted by atomic mass is 19.1. The summed E-state index contributed by atoms with van der Waals surface area (Å²) in [6.45, 7) is -0.415. The number of nitrogens with zero attached hydrogens (tertiary/aromatic N) is 2. The van der Waals surface area contributed by atoms with E-state index in [1.54, 1.807) is 42.5 Å². The van der Waals surface area contributed by atoms with E-state index in [-0.39, 0.29) is 22.9 Å². The summed E-state index contributed by atoms with van der Waals surface area (Å²) in [7, 11) is 0. The first kappa shape index (κ1) is 19.1. The van der Waals surface area contributed by atoms with Gasteiger partial charge in [-0.2, -0.15) is 0 Å². The number of hydrogen-bond acceptors (Lipinski definition) is 6. The van der Waals surface area contributed by atoms with Gasteiger partial charge in [-0.3, -0.25) is 14.9 Å². The van der Waals surface area contributed by atoms with Crippen molar-refractivity contribution in [2.24, 2.45) is 0 Å². The summed E-state index contributed by atoms with van der Waals surface area (Å²) in [5.41, 5.74) is 1.30. The Balaban J connectivity index is 1.47. The number of nitro groups is 1. The minimum absolute atomic E-state index is 0.000803. The second-order valence-electron chi connectivity index (χ2n) is 6.24. The van der Waals surface area contributed by atoms with Crippen molar-refractivity contribution >= 4 is 28.4 Å².